The molecule has 4 nitrogen and oxygen atoms in total. The number of aliphatic hydroxyl groups is 1. The predicted octanol–water partition coefficient (Wildman–Crippen LogP) is 1.14. The van der Waals surface area contributed by atoms with Gasteiger partial charge in [-0.1, -0.05) is 0 Å². The molecule has 2 aliphatic rings. The van der Waals surface area contributed by atoms with Crippen molar-refractivity contribution >= 4 is 5.91 Å². The molecule has 104 valence electrons. The molecule has 0 aromatic heterocycles. The van der Waals surface area contributed by atoms with E-state index in [1.54, 1.807) is 0 Å². The largest absolute Gasteiger partial charge is 0.396 e. The number of piperidine rings is 1. The van der Waals surface area contributed by atoms with Gasteiger partial charge in [-0.3, -0.25) is 4.79 Å². The number of nitrogens with one attached hydrogen (secondary N) is 1. The molecule has 0 radical (unpaired) electrons. The van der Waals surface area contributed by atoms with Gasteiger partial charge in [0.25, 0.3) is 0 Å². The molecule has 3 atom stereocenters. The van der Waals surface area contributed by atoms with E-state index in [0.29, 0.717) is 18.0 Å². The first kappa shape index (κ1) is 13.8. The lowest BCUT2D eigenvalue weighted by atomic mass is 9.94. The fourth-order valence-corrected chi connectivity index (χ4v) is 3.20. The van der Waals surface area contributed by atoms with E-state index in [4.69, 9.17) is 5.11 Å². The number of carbonyl (C=O) groups excluding carboxylic acids is 1. The molecule has 3 unspecified atom stereocenters. The minimum atomic E-state index is 0.177. The maximum atomic E-state index is 12.5. The summed E-state index contributed by atoms with van der Waals surface area (Å²) in [6, 6.07) is 0.932. The van der Waals surface area contributed by atoms with E-state index < -0.39 is 0 Å². The summed E-state index contributed by atoms with van der Waals surface area (Å²) in [5.41, 5.74) is 0. The Bertz CT molecular complexity index is 275. The molecule has 0 aliphatic carbocycles. The summed E-state index contributed by atoms with van der Waals surface area (Å²) in [6.07, 6.45) is 6.13. The fourth-order valence-electron chi connectivity index (χ4n) is 3.20. The van der Waals surface area contributed by atoms with Crippen molar-refractivity contribution in [3.8, 4) is 0 Å². The van der Waals surface area contributed by atoms with Gasteiger partial charge < -0.3 is 15.3 Å². The van der Waals surface area contributed by atoms with Gasteiger partial charge >= 0.3 is 0 Å². The van der Waals surface area contributed by atoms with Gasteiger partial charge in [0.1, 0.15) is 0 Å². The third-order valence-electron chi connectivity index (χ3n) is 4.37. The van der Waals surface area contributed by atoms with Gasteiger partial charge in [-0.25, -0.2) is 0 Å². The number of hydrogen-bond donors (Lipinski definition) is 2. The number of amides is 1. The summed E-state index contributed by atoms with van der Waals surface area (Å²) >= 11 is 0. The Balaban J connectivity index is 1.87. The number of hydrogen-bond acceptors (Lipinski definition) is 3. The highest BCUT2D eigenvalue weighted by Crippen LogP contribution is 2.25. The van der Waals surface area contributed by atoms with E-state index in [-0.39, 0.29) is 12.5 Å². The van der Waals surface area contributed by atoms with Crippen LogP contribution in [0.25, 0.3) is 0 Å². The van der Waals surface area contributed by atoms with Crippen molar-refractivity contribution in [3.63, 3.8) is 0 Å². The molecule has 0 spiro atoms. The van der Waals surface area contributed by atoms with Crippen LogP contribution in [0.1, 0.15) is 45.4 Å². The quantitative estimate of drug-likeness (QED) is 0.791. The maximum absolute atomic E-state index is 12.5. The van der Waals surface area contributed by atoms with Crippen LogP contribution in [0.2, 0.25) is 0 Å². The highest BCUT2D eigenvalue weighted by Gasteiger charge is 2.33. The lowest BCUT2D eigenvalue weighted by Crippen LogP contribution is -2.47. The van der Waals surface area contributed by atoms with Gasteiger partial charge in [0.05, 0.1) is 5.92 Å². The molecule has 0 bridgehead atoms. The monoisotopic (exact) mass is 254 g/mol. The highest BCUT2D eigenvalue weighted by atomic mass is 16.3. The summed E-state index contributed by atoms with van der Waals surface area (Å²) in [7, 11) is 0. The Hall–Kier alpha value is -0.610. The fraction of sp³-hybridized carbons (Fsp3) is 0.929. The molecule has 0 saturated carbocycles. The van der Waals surface area contributed by atoms with Gasteiger partial charge in [-0.15, -0.1) is 0 Å². The minimum Gasteiger partial charge on any atom is -0.396 e. The molecule has 2 aliphatic heterocycles. The second-order valence-electron chi connectivity index (χ2n) is 5.78. The Labute approximate surface area is 110 Å². The normalized spacial score (nSPS) is 32.8. The summed E-state index contributed by atoms with van der Waals surface area (Å²) in [5, 5.41) is 12.3. The van der Waals surface area contributed by atoms with E-state index in [0.717, 1.165) is 51.6 Å². The highest BCUT2D eigenvalue weighted by molar-refractivity contribution is 5.79. The molecular weight excluding hydrogens is 228 g/mol. The van der Waals surface area contributed by atoms with Gasteiger partial charge in [0, 0.05) is 31.8 Å². The molecule has 2 heterocycles. The molecule has 18 heavy (non-hydrogen) atoms. The van der Waals surface area contributed by atoms with Crippen molar-refractivity contribution in [1.82, 2.24) is 10.2 Å². The van der Waals surface area contributed by atoms with Crippen molar-refractivity contribution in [2.45, 2.75) is 57.5 Å². The Morgan fingerprint density at radius 2 is 2.22 bits per heavy atom. The summed E-state index contributed by atoms with van der Waals surface area (Å²) in [4.78, 5) is 14.6. The average molecular weight is 254 g/mol. The summed E-state index contributed by atoms with van der Waals surface area (Å²) < 4.78 is 0. The minimum absolute atomic E-state index is 0.177. The number of carbonyl (C=O) groups is 1. The first-order valence-electron chi connectivity index (χ1n) is 7.37. The number of nitrogens with zero attached hydrogens (tertiary/aromatic N) is 1. The van der Waals surface area contributed by atoms with Crippen LogP contribution >= 0.6 is 0 Å². The lowest BCUT2D eigenvalue weighted by Gasteiger charge is -2.32. The third kappa shape index (κ3) is 3.23. The van der Waals surface area contributed by atoms with Crippen molar-refractivity contribution in [2.75, 3.05) is 19.7 Å². The van der Waals surface area contributed by atoms with Crippen LogP contribution in [0, 0.1) is 5.92 Å². The van der Waals surface area contributed by atoms with Gasteiger partial charge in [-0.05, 0) is 45.4 Å². The van der Waals surface area contributed by atoms with E-state index in [1.165, 1.54) is 0 Å². The van der Waals surface area contributed by atoms with Crippen LogP contribution in [-0.2, 0) is 4.79 Å². The van der Waals surface area contributed by atoms with Crippen molar-refractivity contribution in [1.29, 1.82) is 0 Å². The van der Waals surface area contributed by atoms with Crippen LogP contribution in [0.15, 0.2) is 0 Å². The molecule has 0 aromatic rings. The van der Waals surface area contributed by atoms with Crippen molar-refractivity contribution in [2.24, 2.45) is 5.92 Å². The number of aliphatic hydroxyl groups excluding tert-OH is 1. The van der Waals surface area contributed by atoms with Crippen LogP contribution in [0.3, 0.4) is 0 Å². The third-order valence-corrected chi connectivity index (χ3v) is 4.37. The van der Waals surface area contributed by atoms with Crippen LogP contribution in [0.4, 0.5) is 0 Å². The zero-order chi connectivity index (χ0) is 13.0. The first-order chi connectivity index (χ1) is 8.72. The maximum Gasteiger partial charge on any atom is 0.227 e. The van der Waals surface area contributed by atoms with Crippen LogP contribution in [0.5, 0.6) is 0 Å². The lowest BCUT2D eigenvalue weighted by molar-refractivity contribution is -0.137. The number of rotatable bonds is 4. The Kier molecular flexibility index (Phi) is 5.01. The topological polar surface area (TPSA) is 52.6 Å². The van der Waals surface area contributed by atoms with E-state index >= 15 is 0 Å². The second kappa shape index (κ2) is 6.53. The summed E-state index contributed by atoms with van der Waals surface area (Å²) in [5.74, 6) is 0.519. The molecule has 2 fully saturated rings. The molecule has 1 amide bonds. The van der Waals surface area contributed by atoms with E-state index in [2.05, 4.69) is 17.1 Å². The van der Waals surface area contributed by atoms with Crippen molar-refractivity contribution < 1.29 is 9.90 Å². The zero-order valence-electron chi connectivity index (χ0n) is 11.4. The molecule has 2 N–H and O–H groups in total. The van der Waals surface area contributed by atoms with Gasteiger partial charge in [-0.2, -0.15) is 0 Å². The SMILES string of the molecule is CC1CCC(C(=O)N2CCCC2CCCO)CN1. The zero-order valence-corrected chi connectivity index (χ0v) is 11.4. The molecular formula is C14H26N2O2. The van der Waals surface area contributed by atoms with E-state index in [1.807, 2.05) is 0 Å². The predicted molar refractivity (Wildman–Crippen MR) is 71.2 cm³/mol. The standard InChI is InChI=1S/C14H26N2O2/c1-11-6-7-12(10-15-11)14(18)16-8-2-4-13(16)5-3-9-17/h11-13,15,17H,2-10H2,1H3. The molecule has 2 saturated heterocycles. The van der Waals surface area contributed by atoms with E-state index in [9.17, 15) is 4.79 Å². The molecule has 2 rings (SSSR count). The average Bonchev–Trinajstić information content (AvgIpc) is 2.84. The van der Waals surface area contributed by atoms with Crippen molar-refractivity contribution in [3.05, 3.63) is 0 Å². The second-order valence-corrected chi connectivity index (χ2v) is 5.78. The Morgan fingerprint density at radius 3 is 2.89 bits per heavy atom. The molecule has 4 heteroatoms. The van der Waals surface area contributed by atoms with Gasteiger partial charge in [0.15, 0.2) is 0 Å². The first-order valence-corrected chi connectivity index (χ1v) is 7.37. The Morgan fingerprint density at radius 1 is 1.39 bits per heavy atom. The number of likely N-dealkylation sites (tertiary alicyclic amines) is 1. The van der Waals surface area contributed by atoms with Crippen LogP contribution in [-0.4, -0.2) is 47.7 Å². The molecule has 0 aromatic carbocycles. The smallest absolute Gasteiger partial charge is 0.227 e. The summed E-state index contributed by atoms with van der Waals surface area (Å²) in [6.45, 7) is 4.17. The van der Waals surface area contributed by atoms with Crippen LogP contribution < -0.4 is 5.32 Å². The van der Waals surface area contributed by atoms with Gasteiger partial charge in [0.2, 0.25) is 5.91 Å².